The molecule has 14 nitrogen and oxygen atoms in total. The monoisotopic (exact) mass is 586 g/mol. The molecular formula is C28H27FN10O4. The molecule has 0 aliphatic carbocycles. The van der Waals surface area contributed by atoms with Crippen molar-refractivity contribution in [1.29, 1.82) is 0 Å². The number of nitrogen functional groups attached to an aromatic ring is 1. The van der Waals surface area contributed by atoms with E-state index in [4.69, 9.17) is 20.3 Å². The fourth-order valence-corrected chi connectivity index (χ4v) is 4.97. The van der Waals surface area contributed by atoms with Crippen molar-refractivity contribution in [3.63, 3.8) is 0 Å². The maximum atomic E-state index is 13.7. The number of methoxy groups -OCH3 is 1. The molecule has 3 aromatic heterocycles. The van der Waals surface area contributed by atoms with Gasteiger partial charge < -0.3 is 25.4 Å². The summed E-state index contributed by atoms with van der Waals surface area (Å²) < 4.78 is 27.5. The van der Waals surface area contributed by atoms with Gasteiger partial charge in [0.05, 0.1) is 43.9 Å². The van der Waals surface area contributed by atoms with Gasteiger partial charge in [-0.25, -0.2) is 28.8 Å². The highest BCUT2D eigenvalue weighted by Crippen LogP contribution is 2.31. The molecule has 5 aromatic rings. The average Bonchev–Trinajstić information content (AvgIpc) is 3.70. The van der Waals surface area contributed by atoms with Gasteiger partial charge in [0.1, 0.15) is 42.1 Å². The molecule has 1 saturated heterocycles. The van der Waals surface area contributed by atoms with Crippen LogP contribution in [0, 0.1) is 5.82 Å². The third-order valence-corrected chi connectivity index (χ3v) is 7.12. The van der Waals surface area contributed by atoms with Gasteiger partial charge in [0, 0.05) is 18.7 Å². The number of anilines is 1. The summed E-state index contributed by atoms with van der Waals surface area (Å²) in [4.78, 5) is 39.9. The van der Waals surface area contributed by atoms with E-state index in [2.05, 4.69) is 25.4 Å². The summed E-state index contributed by atoms with van der Waals surface area (Å²) >= 11 is 0. The Morgan fingerprint density at radius 2 is 2.00 bits per heavy atom. The molecule has 0 bridgehead atoms. The summed E-state index contributed by atoms with van der Waals surface area (Å²) in [5.41, 5.74) is 9.04. The number of amides is 2. The second-order valence-electron chi connectivity index (χ2n) is 9.76. The smallest absolute Gasteiger partial charge is 0.346 e. The highest BCUT2D eigenvalue weighted by molar-refractivity contribution is 5.98. The van der Waals surface area contributed by atoms with Gasteiger partial charge in [-0.15, -0.1) is 0 Å². The van der Waals surface area contributed by atoms with E-state index in [1.807, 2.05) is 24.3 Å². The zero-order chi connectivity index (χ0) is 29.9. The van der Waals surface area contributed by atoms with E-state index in [-0.39, 0.29) is 35.7 Å². The predicted octanol–water partition coefficient (Wildman–Crippen LogP) is 2.11. The van der Waals surface area contributed by atoms with E-state index in [9.17, 15) is 14.0 Å². The van der Waals surface area contributed by atoms with Gasteiger partial charge in [-0.05, 0) is 23.8 Å². The van der Waals surface area contributed by atoms with Crippen molar-refractivity contribution in [2.45, 2.75) is 19.1 Å². The zero-order valence-corrected chi connectivity index (χ0v) is 23.1. The van der Waals surface area contributed by atoms with Crippen LogP contribution in [0.2, 0.25) is 0 Å². The minimum absolute atomic E-state index is 0.108. The van der Waals surface area contributed by atoms with Gasteiger partial charge in [0.15, 0.2) is 5.65 Å². The quantitative estimate of drug-likeness (QED) is 0.288. The van der Waals surface area contributed by atoms with Crippen LogP contribution in [-0.2, 0) is 17.8 Å². The first kappa shape index (κ1) is 27.7. The van der Waals surface area contributed by atoms with Crippen molar-refractivity contribution < 1.29 is 23.5 Å². The Morgan fingerprint density at radius 3 is 2.77 bits per heavy atom. The Labute approximate surface area is 244 Å². The Morgan fingerprint density at radius 1 is 1.16 bits per heavy atom. The van der Waals surface area contributed by atoms with E-state index < -0.39 is 11.7 Å². The lowest BCUT2D eigenvalue weighted by atomic mass is 10.1. The SMILES string of the molecule is COc1ccc(F)cc1C(=O)NCc1ccc(-c2nn(CC3COCCN3C(=O)n3cncn3)c3ncnc(N)c23)cc1. The lowest BCUT2D eigenvalue weighted by Crippen LogP contribution is -2.52. The molecule has 1 aliphatic rings. The molecule has 1 unspecified atom stereocenters. The molecule has 1 fully saturated rings. The number of fused-ring (bicyclic) bond motifs is 1. The Hall–Kier alpha value is -5.44. The normalized spacial score (nSPS) is 15.0. The number of morpholine rings is 1. The van der Waals surface area contributed by atoms with Gasteiger partial charge in [-0.1, -0.05) is 24.3 Å². The first-order chi connectivity index (χ1) is 20.9. The number of hydrogen-bond donors (Lipinski definition) is 2. The second-order valence-corrected chi connectivity index (χ2v) is 9.76. The number of carbonyl (C=O) groups excluding carboxylic acids is 2. The number of rotatable bonds is 7. The third-order valence-electron chi connectivity index (χ3n) is 7.12. The van der Waals surface area contributed by atoms with Gasteiger partial charge in [0.25, 0.3) is 5.91 Å². The third kappa shape index (κ3) is 5.57. The van der Waals surface area contributed by atoms with Gasteiger partial charge >= 0.3 is 6.03 Å². The molecule has 1 aliphatic heterocycles. The van der Waals surface area contributed by atoms with Gasteiger partial charge in [-0.3, -0.25) is 4.79 Å². The zero-order valence-electron chi connectivity index (χ0n) is 23.1. The summed E-state index contributed by atoms with van der Waals surface area (Å²) in [5, 5.41) is 12.2. The fraction of sp³-hybridized carbons (Fsp3) is 0.250. The molecule has 0 saturated carbocycles. The van der Waals surface area contributed by atoms with Crippen molar-refractivity contribution in [2.75, 3.05) is 32.6 Å². The van der Waals surface area contributed by atoms with Crippen LogP contribution in [0.4, 0.5) is 15.0 Å². The van der Waals surface area contributed by atoms with E-state index in [1.54, 1.807) is 9.58 Å². The molecule has 1 atom stereocenters. The lowest BCUT2D eigenvalue weighted by molar-refractivity contribution is 0.00554. The number of nitrogens with two attached hydrogens (primary N) is 1. The standard InChI is InChI=1S/C28H27FN10O4/c1-42-22-7-6-19(29)10-21(22)27(40)32-11-17-2-4-18(5-3-17)24-23-25(30)33-15-34-26(23)38(36-24)12-20-13-43-9-8-37(20)28(41)39-16-31-14-35-39/h2-7,10,14-16,20H,8-9,11-13H2,1H3,(H,32,40)(H2,30,33,34). The van der Waals surface area contributed by atoms with Crippen LogP contribution >= 0.6 is 0 Å². The van der Waals surface area contributed by atoms with Crippen molar-refractivity contribution >= 4 is 28.8 Å². The topological polar surface area (TPSA) is 168 Å². The number of halogens is 1. The van der Waals surface area contributed by atoms with Gasteiger partial charge in [0.2, 0.25) is 0 Å². The number of hydrogen-bond acceptors (Lipinski definition) is 10. The highest BCUT2D eigenvalue weighted by Gasteiger charge is 2.30. The minimum Gasteiger partial charge on any atom is -0.496 e. The van der Waals surface area contributed by atoms with Crippen LogP contribution in [0.15, 0.2) is 61.4 Å². The number of nitrogens with one attached hydrogen (secondary N) is 1. The number of nitrogens with zero attached hydrogens (tertiary/aromatic N) is 8. The number of aromatic nitrogens is 7. The molecule has 2 amide bonds. The lowest BCUT2D eigenvalue weighted by Gasteiger charge is -2.34. The molecule has 0 radical (unpaired) electrons. The van der Waals surface area contributed by atoms with Crippen LogP contribution in [0.1, 0.15) is 15.9 Å². The largest absolute Gasteiger partial charge is 0.496 e. The highest BCUT2D eigenvalue weighted by atomic mass is 19.1. The van der Waals surface area contributed by atoms with Crippen molar-refractivity contribution in [3.05, 3.63) is 78.4 Å². The molecule has 6 rings (SSSR count). The van der Waals surface area contributed by atoms with Crippen molar-refractivity contribution in [2.24, 2.45) is 0 Å². The maximum absolute atomic E-state index is 13.7. The van der Waals surface area contributed by atoms with Crippen LogP contribution in [-0.4, -0.2) is 84.3 Å². The number of carbonyl (C=O) groups is 2. The molecule has 2 aromatic carbocycles. The Kier molecular flexibility index (Phi) is 7.61. The average molecular weight is 587 g/mol. The van der Waals surface area contributed by atoms with Crippen LogP contribution in [0.3, 0.4) is 0 Å². The molecule has 15 heteroatoms. The second kappa shape index (κ2) is 11.8. The molecule has 4 heterocycles. The summed E-state index contributed by atoms with van der Waals surface area (Å²) in [6.45, 7) is 1.59. The Bertz CT molecular complexity index is 1770. The summed E-state index contributed by atoms with van der Waals surface area (Å²) in [6.07, 6.45) is 4.04. The molecule has 0 spiro atoms. The van der Waals surface area contributed by atoms with E-state index in [0.717, 1.165) is 17.2 Å². The fourth-order valence-electron chi connectivity index (χ4n) is 4.97. The molecular weight excluding hydrogens is 559 g/mol. The first-order valence-corrected chi connectivity index (χ1v) is 13.3. The molecule has 3 N–H and O–H groups in total. The van der Waals surface area contributed by atoms with E-state index in [0.29, 0.717) is 43.0 Å². The summed E-state index contributed by atoms with van der Waals surface area (Å²) in [5.74, 6) is -0.446. The maximum Gasteiger partial charge on any atom is 0.346 e. The van der Waals surface area contributed by atoms with E-state index >= 15 is 0 Å². The minimum atomic E-state index is -0.532. The van der Waals surface area contributed by atoms with Gasteiger partial charge in [-0.2, -0.15) is 14.9 Å². The molecule has 220 valence electrons. The number of benzene rings is 2. The number of ether oxygens (including phenoxy) is 2. The first-order valence-electron chi connectivity index (χ1n) is 13.3. The van der Waals surface area contributed by atoms with Crippen LogP contribution in [0.25, 0.3) is 22.3 Å². The van der Waals surface area contributed by atoms with Crippen molar-refractivity contribution in [1.82, 2.24) is 44.7 Å². The Balaban J connectivity index is 1.23. The summed E-state index contributed by atoms with van der Waals surface area (Å²) in [6, 6.07) is 10.5. The summed E-state index contributed by atoms with van der Waals surface area (Å²) in [7, 11) is 1.42. The predicted molar refractivity (Wildman–Crippen MR) is 151 cm³/mol. The van der Waals surface area contributed by atoms with Crippen molar-refractivity contribution in [3.8, 4) is 17.0 Å². The van der Waals surface area contributed by atoms with Crippen LogP contribution < -0.4 is 15.8 Å². The molecule has 43 heavy (non-hydrogen) atoms. The van der Waals surface area contributed by atoms with E-state index in [1.165, 1.54) is 42.9 Å². The van der Waals surface area contributed by atoms with Crippen LogP contribution in [0.5, 0.6) is 5.75 Å².